The molecule has 0 fully saturated rings. The SMILES string of the molecule is CC(C)Cn1nc(C(=O)OCC(=O)NCC(=O)Nc2ccc(F)c(F)c2)c2ccccc2c1=O. The molecule has 0 saturated heterocycles. The highest BCUT2D eigenvalue weighted by atomic mass is 19.2. The molecule has 1 aromatic heterocycles. The van der Waals surface area contributed by atoms with Crippen molar-refractivity contribution in [2.45, 2.75) is 20.4 Å². The van der Waals surface area contributed by atoms with E-state index in [1.807, 2.05) is 13.8 Å². The topological polar surface area (TPSA) is 119 Å². The lowest BCUT2D eigenvalue weighted by Gasteiger charge is -2.12. The molecule has 0 spiro atoms. The van der Waals surface area contributed by atoms with Gasteiger partial charge in [0.2, 0.25) is 5.91 Å². The summed E-state index contributed by atoms with van der Waals surface area (Å²) in [5.74, 6) is -4.47. The Labute approximate surface area is 192 Å². The van der Waals surface area contributed by atoms with Gasteiger partial charge in [0.05, 0.1) is 11.9 Å². The molecule has 3 rings (SSSR count). The molecule has 0 bridgehead atoms. The quantitative estimate of drug-likeness (QED) is 0.486. The molecule has 0 atom stereocenters. The number of benzene rings is 2. The number of nitrogens with zero attached hydrogens (tertiary/aromatic N) is 2. The summed E-state index contributed by atoms with van der Waals surface area (Å²) in [6.45, 7) is 2.90. The van der Waals surface area contributed by atoms with Crippen molar-refractivity contribution in [3.63, 3.8) is 0 Å². The van der Waals surface area contributed by atoms with Crippen LogP contribution in [-0.2, 0) is 20.9 Å². The highest BCUT2D eigenvalue weighted by Gasteiger charge is 2.19. The predicted octanol–water partition coefficient (Wildman–Crippen LogP) is 2.24. The lowest BCUT2D eigenvalue weighted by atomic mass is 10.1. The van der Waals surface area contributed by atoms with Crippen molar-refractivity contribution in [2.24, 2.45) is 5.92 Å². The van der Waals surface area contributed by atoms with Crippen LogP contribution < -0.4 is 16.2 Å². The molecular formula is C23H22F2N4O5. The van der Waals surface area contributed by atoms with Crippen LogP contribution in [-0.4, -0.2) is 40.7 Å². The van der Waals surface area contributed by atoms with Crippen LogP contribution in [0, 0.1) is 17.6 Å². The van der Waals surface area contributed by atoms with Crippen molar-refractivity contribution < 1.29 is 27.9 Å². The minimum Gasteiger partial charge on any atom is -0.451 e. The maximum atomic E-state index is 13.2. The van der Waals surface area contributed by atoms with E-state index >= 15 is 0 Å². The van der Waals surface area contributed by atoms with Crippen LogP contribution >= 0.6 is 0 Å². The Morgan fingerprint density at radius 1 is 1.03 bits per heavy atom. The molecule has 9 nitrogen and oxygen atoms in total. The van der Waals surface area contributed by atoms with Gasteiger partial charge < -0.3 is 15.4 Å². The van der Waals surface area contributed by atoms with E-state index in [1.54, 1.807) is 24.3 Å². The molecule has 0 aliphatic carbocycles. The molecule has 2 N–H and O–H groups in total. The molecule has 178 valence electrons. The number of fused-ring (bicyclic) bond motifs is 1. The van der Waals surface area contributed by atoms with E-state index < -0.39 is 42.6 Å². The second kappa shape index (κ2) is 10.6. The molecule has 34 heavy (non-hydrogen) atoms. The van der Waals surface area contributed by atoms with E-state index in [9.17, 15) is 28.0 Å². The number of hydrogen-bond donors (Lipinski definition) is 2. The minimum absolute atomic E-state index is 0.0130. The normalized spacial score (nSPS) is 10.9. The first-order chi connectivity index (χ1) is 16.2. The molecule has 0 saturated carbocycles. The number of carbonyl (C=O) groups is 3. The molecule has 3 aromatic rings. The zero-order valence-electron chi connectivity index (χ0n) is 18.4. The number of halogens is 2. The highest BCUT2D eigenvalue weighted by Crippen LogP contribution is 2.15. The number of carbonyl (C=O) groups excluding carboxylic acids is 3. The summed E-state index contributed by atoms with van der Waals surface area (Å²) in [6.07, 6.45) is 0. The maximum absolute atomic E-state index is 13.2. The summed E-state index contributed by atoms with van der Waals surface area (Å²) in [5, 5.41) is 9.26. The summed E-state index contributed by atoms with van der Waals surface area (Å²) < 4.78 is 32.3. The van der Waals surface area contributed by atoms with E-state index in [0.29, 0.717) is 10.8 Å². The summed E-state index contributed by atoms with van der Waals surface area (Å²) in [5.41, 5.74) is -0.440. The van der Waals surface area contributed by atoms with Gasteiger partial charge in [-0.1, -0.05) is 32.0 Å². The fraction of sp³-hybridized carbons (Fsp3) is 0.261. The largest absolute Gasteiger partial charge is 0.451 e. The molecule has 11 heteroatoms. The third-order valence-electron chi connectivity index (χ3n) is 4.58. The van der Waals surface area contributed by atoms with Crippen LogP contribution in [0.15, 0.2) is 47.3 Å². The average molecular weight is 472 g/mol. The van der Waals surface area contributed by atoms with Gasteiger partial charge in [0.25, 0.3) is 11.5 Å². The van der Waals surface area contributed by atoms with Gasteiger partial charge in [-0.2, -0.15) is 5.10 Å². The van der Waals surface area contributed by atoms with Crippen molar-refractivity contribution in [3.8, 4) is 0 Å². The van der Waals surface area contributed by atoms with E-state index in [1.165, 1.54) is 4.68 Å². The van der Waals surface area contributed by atoms with Crippen LogP contribution in [0.3, 0.4) is 0 Å². The number of nitrogens with one attached hydrogen (secondary N) is 2. The molecule has 0 aliphatic rings. The third kappa shape index (κ3) is 6.00. The number of anilines is 1. The first-order valence-electron chi connectivity index (χ1n) is 10.3. The van der Waals surface area contributed by atoms with Gasteiger partial charge in [0.15, 0.2) is 23.9 Å². The van der Waals surface area contributed by atoms with Gasteiger partial charge in [-0.05, 0) is 24.1 Å². The van der Waals surface area contributed by atoms with Gasteiger partial charge in [-0.3, -0.25) is 14.4 Å². The Bertz CT molecular complexity index is 1310. The van der Waals surface area contributed by atoms with Crippen LogP contribution in [0.4, 0.5) is 14.5 Å². The minimum atomic E-state index is -1.13. The van der Waals surface area contributed by atoms with Gasteiger partial charge in [-0.25, -0.2) is 18.3 Å². The van der Waals surface area contributed by atoms with E-state index in [4.69, 9.17) is 4.74 Å². The maximum Gasteiger partial charge on any atom is 0.359 e. The first kappa shape index (κ1) is 24.5. The van der Waals surface area contributed by atoms with Crippen LogP contribution in [0.25, 0.3) is 10.8 Å². The zero-order chi connectivity index (χ0) is 24.8. The number of ether oxygens (including phenoxy) is 1. The lowest BCUT2D eigenvalue weighted by molar-refractivity contribution is -0.126. The van der Waals surface area contributed by atoms with Crippen LogP contribution in [0.2, 0.25) is 0 Å². The number of amides is 2. The van der Waals surface area contributed by atoms with Crippen molar-refractivity contribution in [1.82, 2.24) is 15.1 Å². The Balaban J connectivity index is 1.61. The summed E-state index contributed by atoms with van der Waals surface area (Å²) >= 11 is 0. The average Bonchev–Trinajstić information content (AvgIpc) is 2.80. The molecular weight excluding hydrogens is 450 g/mol. The molecule has 2 amide bonds. The monoisotopic (exact) mass is 472 g/mol. The van der Waals surface area contributed by atoms with Crippen molar-refractivity contribution in [2.75, 3.05) is 18.5 Å². The number of esters is 1. The first-order valence-corrected chi connectivity index (χ1v) is 10.3. The van der Waals surface area contributed by atoms with Gasteiger partial charge in [0, 0.05) is 23.7 Å². The number of hydrogen-bond acceptors (Lipinski definition) is 6. The zero-order valence-corrected chi connectivity index (χ0v) is 18.4. The van der Waals surface area contributed by atoms with Crippen LogP contribution in [0.5, 0.6) is 0 Å². The Kier molecular flexibility index (Phi) is 7.67. The smallest absolute Gasteiger partial charge is 0.359 e. The van der Waals surface area contributed by atoms with Crippen molar-refractivity contribution in [3.05, 3.63) is 70.1 Å². The molecule has 0 radical (unpaired) electrons. The fourth-order valence-corrected chi connectivity index (χ4v) is 3.06. The Morgan fingerprint density at radius 3 is 2.41 bits per heavy atom. The predicted molar refractivity (Wildman–Crippen MR) is 119 cm³/mol. The van der Waals surface area contributed by atoms with E-state index in [0.717, 1.165) is 18.2 Å². The standard InChI is InChI=1S/C23H22F2N4O5/c1-13(2)11-29-22(32)16-6-4-3-5-15(16)21(28-29)23(33)34-12-20(31)26-10-19(30)27-14-7-8-17(24)18(25)9-14/h3-9,13H,10-12H2,1-2H3,(H,26,31)(H,27,30). The molecule has 0 aliphatic heterocycles. The van der Waals surface area contributed by atoms with E-state index in [-0.39, 0.29) is 29.4 Å². The summed E-state index contributed by atoms with van der Waals surface area (Å²) in [7, 11) is 0. The third-order valence-corrected chi connectivity index (χ3v) is 4.58. The van der Waals surface area contributed by atoms with Crippen molar-refractivity contribution in [1.29, 1.82) is 0 Å². The van der Waals surface area contributed by atoms with Crippen molar-refractivity contribution >= 4 is 34.2 Å². The number of rotatable bonds is 8. The Morgan fingerprint density at radius 2 is 1.74 bits per heavy atom. The highest BCUT2D eigenvalue weighted by molar-refractivity contribution is 6.02. The summed E-state index contributed by atoms with van der Waals surface area (Å²) in [4.78, 5) is 49.1. The van der Waals surface area contributed by atoms with Crippen LogP contribution in [0.1, 0.15) is 24.3 Å². The lowest BCUT2D eigenvalue weighted by Crippen LogP contribution is -2.36. The molecule has 1 heterocycles. The second-order valence-corrected chi connectivity index (χ2v) is 7.81. The second-order valence-electron chi connectivity index (χ2n) is 7.81. The fourth-order valence-electron chi connectivity index (χ4n) is 3.06. The van der Waals surface area contributed by atoms with Gasteiger partial charge in [0.1, 0.15) is 0 Å². The molecule has 0 unspecified atom stereocenters. The van der Waals surface area contributed by atoms with Gasteiger partial charge in [-0.15, -0.1) is 0 Å². The Hall–Kier alpha value is -4.15. The van der Waals surface area contributed by atoms with Gasteiger partial charge >= 0.3 is 5.97 Å². The van der Waals surface area contributed by atoms with E-state index in [2.05, 4.69) is 15.7 Å². The summed E-state index contributed by atoms with van der Waals surface area (Å²) in [6, 6.07) is 9.25. The number of aromatic nitrogens is 2. The molecule has 2 aromatic carbocycles.